The fourth-order valence-corrected chi connectivity index (χ4v) is 3.14. The molecule has 0 saturated carbocycles. The van der Waals surface area contributed by atoms with E-state index in [1.807, 2.05) is 54.6 Å². The van der Waals surface area contributed by atoms with Gasteiger partial charge in [0.1, 0.15) is 6.61 Å². The lowest BCUT2D eigenvalue weighted by atomic mass is 10.0. The van der Waals surface area contributed by atoms with Crippen LogP contribution >= 0.6 is 11.6 Å². The van der Waals surface area contributed by atoms with E-state index >= 15 is 0 Å². The van der Waals surface area contributed by atoms with Crippen LogP contribution in [0.4, 0.5) is 4.79 Å². The number of halogens is 1. The number of hydrogen-bond acceptors (Lipinski definition) is 3. The molecule has 2 aromatic rings. The third-order valence-electron chi connectivity index (χ3n) is 4.07. The van der Waals surface area contributed by atoms with Gasteiger partial charge in [0.15, 0.2) is 0 Å². The number of likely N-dealkylation sites (tertiary alicyclic amines) is 1. The van der Waals surface area contributed by atoms with Gasteiger partial charge in [0.25, 0.3) is 0 Å². The van der Waals surface area contributed by atoms with Crippen LogP contribution in [0.2, 0.25) is 5.02 Å². The largest absolute Gasteiger partial charge is 0.445 e. The molecule has 0 spiro atoms. The number of rotatable bonds is 3. The Morgan fingerprint density at radius 1 is 1.22 bits per heavy atom. The van der Waals surface area contributed by atoms with Crippen LogP contribution in [0.5, 0.6) is 0 Å². The molecule has 2 N–H and O–H groups in total. The molecular formula is C18H19ClN2O2. The molecule has 4 nitrogen and oxygen atoms in total. The summed E-state index contributed by atoms with van der Waals surface area (Å²) in [6.45, 7) is 0.847. The molecule has 5 heteroatoms. The summed E-state index contributed by atoms with van der Waals surface area (Å²) in [6.07, 6.45) is 0.407. The van der Waals surface area contributed by atoms with Gasteiger partial charge in [0.05, 0.1) is 6.04 Å². The first-order valence-electron chi connectivity index (χ1n) is 7.63. The van der Waals surface area contributed by atoms with E-state index in [2.05, 4.69) is 0 Å². The average molecular weight is 331 g/mol. The second-order valence-electron chi connectivity index (χ2n) is 5.69. The van der Waals surface area contributed by atoms with Crippen LogP contribution in [0, 0.1) is 0 Å². The summed E-state index contributed by atoms with van der Waals surface area (Å²) < 4.78 is 5.44. The zero-order valence-electron chi connectivity index (χ0n) is 12.7. The maximum Gasteiger partial charge on any atom is 0.410 e. The predicted octanol–water partition coefficient (Wildman–Crippen LogP) is 3.75. The van der Waals surface area contributed by atoms with Crippen LogP contribution in [0.15, 0.2) is 54.6 Å². The summed E-state index contributed by atoms with van der Waals surface area (Å²) in [5.41, 5.74) is 8.11. The average Bonchev–Trinajstić information content (AvgIpc) is 2.95. The first-order chi connectivity index (χ1) is 11.1. The van der Waals surface area contributed by atoms with E-state index in [0.717, 1.165) is 17.5 Å². The molecule has 1 heterocycles. The van der Waals surface area contributed by atoms with Gasteiger partial charge in [-0.05, 0) is 29.7 Å². The SMILES string of the molecule is N[C@H]1CCN(C(=O)OCc2ccccc2)[C@H]1c1cccc(Cl)c1. The third-order valence-corrected chi connectivity index (χ3v) is 4.31. The highest BCUT2D eigenvalue weighted by Crippen LogP contribution is 2.32. The molecule has 3 rings (SSSR count). The molecule has 0 bridgehead atoms. The van der Waals surface area contributed by atoms with Crippen molar-refractivity contribution in [1.29, 1.82) is 0 Å². The molecular weight excluding hydrogens is 312 g/mol. The normalized spacial score (nSPS) is 20.5. The summed E-state index contributed by atoms with van der Waals surface area (Å²) in [7, 11) is 0. The predicted molar refractivity (Wildman–Crippen MR) is 90.1 cm³/mol. The van der Waals surface area contributed by atoms with E-state index in [1.165, 1.54) is 0 Å². The molecule has 0 unspecified atom stereocenters. The first-order valence-corrected chi connectivity index (χ1v) is 8.01. The summed E-state index contributed by atoms with van der Waals surface area (Å²) in [5, 5.41) is 0.638. The van der Waals surface area contributed by atoms with Gasteiger partial charge in [-0.15, -0.1) is 0 Å². The lowest BCUT2D eigenvalue weighted by molar-refractivity contribution is 0.0908. The topological polar surface area (TPSA) is 55.6 Å². The minimum absolute atomic E-state index is 0.113. The molecule has 1 fully saturated rings. The zero-order valence-corrected chi connectivity index (χ0v) is 13.4. The number of carbonyl (C=O) groups is 1. The van der Waals surface area contributed by atoms with E-state index in [-0.39, 0.29) is 24.8 Å². The zero-order chi connectivity index (χ0) is 16.2. The van der Waals surface area contributed by atoms with Gasteiger partial charge in [-0.25, -0.2) is 4.79 Å². The molecule has 120 valence electrons. The number of ether oxygens (including phenoxy) is 1. The van der Waals surface area contributed by atoms with Crippen molar-refractivity contribution in [2.24, 2.45) is 5.73 Å². The van der Waals surface area contributed by atoms with Gasteiger partial charge in [-0.2, -0.15) is 0 Å². The van der Waals surface area contributed by atoms with Crippen LogP contribution < -0.4 is 5.73 Å². The number of amides is 1. The Kier molecular flexibility index (Phi) is 4.84. The number of nitrogens with two attached hydrogens (primary N) is 1. The lowest BCUT2D eigenvalue weighted by Crippen LogP contribution is -2.36. The Morgan fingerprint density at radius 2 is 2.00 bits per heavy atom. The maximum absolute atomic E-state index is 12.4. The molecule has 0 aliphatic carbocycles. The van der Waals surface area contributed by atoms with Crippen LogP contribution in [0.25, 0.3) is 0 Å². The highest BCUT2D eigenvalue weighted by Gasteiger charge is 2.37. The second-order valence-corrected chi connectivity index (χ2v) is 6.12. The summed E-state index contributed by atoms with van der Waals surface area (Å²) in [6, 6.07) is 16.8. The minimum atomic E-state index is -0.341. The summed E-state index contributed by atoms with van der Waals surface area (Å²) in [5.74, 6) is 0. The molecule has 2 atom stereocenters. The van der Waals surface area contributed by atoms with Crippen molar-refractivity contribution in [2.75, 3.05) is 6.54 Å². The number of carbonyl (C=O) groups excluding carboxylic acids is 1. The Morgan fingerprint density at radius 3 is 2.74 bits per heavy atom. The van der Waals surface area contributed by atoms with Gasteiger partial charge in [-0.1, -0.05) is 54.1 Å². The molecule has 1 aliphatic rings. The quantitative estimate of drug-likeness (QED) is 0.932. The molecule has 0 aromatic heterocycles. The van der Waals surface area contributed by atoms with Crippen molar-refractivity contribution in [3.63, 3.8) is 0 Å². The van der Waals surface area contributed by atoms with Gasteiger partial charge >= 0.3 is 6.09 Å². The molecule has 1 amide bonds. The number of hydrogen-bond donors (Lipinski definition) is 1. The molecule has 1 saturated heterocycles. The van der Waals surface area contributed by atoms with Crippen LogP contribution in [0.1, 0.15) is 23.6 Å². The van der Waals surface area contributed by atoms with Crippen LogP contribution in [-0.2, 0) is 11.3 Å². The van der Waals surface area contributed by atoms with Crippen molar-refractivity contribution >= 4 is 17.7 Å². The maximum atomic E-state index is 12.4. The summed E-state index contributed by atoms with van der Waals surface area (Å²) >= 11 is 6.06. The Bertz CT molecular complexity index is 678. The highest BCUT2D eigenvalue weighted by molar-refractivity contribution is 6.30. The third kappa shape index (κ3) is 3.66. The van der Waals surface area contributed by atoms with E-state index in [4.69, 9.17) is 22.1 Å². The molecule has 23 heavy (non-hydrogen) atoms. The van der Waals surface area contributed by atoms with Crippen molar-refractivity contribution in [3.8, 4) is 0 Å². The van der Waals surface area contributed by atoms with Crippen LogP contribution in [-0.4, -0.2) is 23.6 Å². The van der Waals surface area contributed by atoms with Crippen molar-refractivity contribution in [2.45, 2.75) is 25.1 Å². The Balaban J connectivity index is 1.71. The smallest absolute Gasteiger partial charge is 0.410 e. The number of benzene rings is 2. The minimum Gasteiger partial charge on any atom is -0.445 e. The van der Waals surface area contributed by atoms with Crippen molar-refractivity contribution in [1.82, 2.24) is 4.90 Å². The Hall–Kier alpha value is -2.04. The van der Waals surface area contributed by atoms with Crippen LogP contribution in [0.3, 0.4) is 0 Å². The molecule has 0 radical (unpaired) electrons. The van der Waals surface area contributed by atoms with E-state index in [0.29, 0.717) is 11.6 Å². The molecule has 2 aromatic carbocycles. The van der Waals surface area contributed by atoms with Crippen molar-refractivity contribution in [3.05, 3.63) is 70.7 Å². The van der Waals surface area contributed by atoms with Gasteiger partial charge in [-0.3, -0.25) is 4.90 Å². The van der Waals surface area contributed by atoms with Crippen molar-refractivity contribution < 1.29 is 9.53 Å². The second kappa shape index (κ2) is 7.02. The highest BCUT2D eigenvalue weighted by atomic mass is 35.5. The van der Waals surface area contributed by atoms with E-state index in [1.54, 1.807) is 4.90 Å². The fourth-order valence-electron chi connectivity index (χ4n) is 2.94. The molecule has 1 aliphatic heterocycles. The van der Waals surface area contributed by atoms with E-state index < -0.39 is 0 Å². The summed E-state index contributed by atoms with van der Waals surface area (Å²) in [4.78, 5) is 14.1. The first kappa shape index (κ1) is 15.8. The van der Waals surface area contributed by atoms with Gasteiger partial charge < -0.3 is 10.5 Å². The van der Waals surface area contributed by atoms with E-state index in [9.17, 15) is 4.79 Å². The number of nitrogens with zero attached hydrogens (tertiary/aromatic N) is 1. The Labute approximate surface area is 140 Å². The van der Waals surface area contributed by atoms with Gasteiger partial charge in [0.2, 0.25) is 0 Å². The lowest BCUT2D eigenvalue weighted by Gasteiger charge is -2.26. The standard InChI is InChI=1S/C18H19ClN2O2/c19-15-8-4-7-14(11-15)17-16(20)9-10-21(17)18(22)23-12-13-5-2-1-3-6-13/h1-8,11,16-17H,9-10,12,20H2/t16-,17-/m0/s1. The fraction of sp³-hybridized carbons (Fsp3) is 0.278. The van der Waals surface area contributed by atoms with Gasteiger partial charge in [0, 0.05) is 17.6 Å². The monoisotopic (exact) mass is 330 g/mol.